The molecule has 0 aromatic heterocycles. The molecule has 3 N–H and O–H groups in total. The van der Waals surface area contributed by atoms with Crippen molar-refractivity contribution in [1.29, 1.82) is 0 Å². The number of aliphatic hydroxyl groups is 2. The fourth-order valence-electron chi connectivity index (χ4n) is 4.28. The van der Waals surface area contributed by atoms with Crippen LogP contribution in [0.1, 0.15) is 30.4 Å². The number of aryl methyl sites for hydroxylation is 1. The highest BCUT2D eigenvalue weighted by atomic mass is 127. The molecule has 35 heavy (non-hydrogen) atoms. The van der Waals surface area contributed by atoms with E-state index in [4.69, 9.17) is 9.84 Å². The lowest BCUT2D eigenvalue weighted by Gasteiger charge is -2.40. The van der Waals surface area contributed by atoms with Crippen molar-refractivity contribution in [2.24, 2.45) is 5.92 Å². The Balaban J connectivity index is 1.66. The summed E-state index contributed by atoms with van der Waals surface area (Å²) in [6, 6.07) is 14.8. The Labute approximate surface area is 219 Å². The molecule has 0 heterocycles. The number of aliphatic hydroxyl groups excluding tert-OH is 2. The van der Waals surface area contributed by atoms with Crippen LogP contribution >= 0.6 is 22.6 Å². The molecular formula is C27H31IN2O5. The van der Waals surface area contributed by atoms with Crippen LogP contribution in [0.15, 0.2) is 60.2 Å². The summed E-state index contributed by atoms with van der Waals surface area (Å²) in [6.07, 6.45) is 1.69. The Morgan fingerprint density at radius 3 is 2.51 bits per heavy atom. The zero-order valence-corrected chi connectivity index (χ0v) is 21.9. The second kappa shape index (κ2) is 11.5. The smallest absolute Gasteiger partial charge is 0.247 e. The summed E-state index contributed by atoms with van der Waals surface area (Å²) in [5, 5.41) is 23.3. The van der Waals surface area contributed by atoms with Crippen LogP contribution in [0.2, 0.25) is 0 Å². The van der Waals surface area contributed by atoms with Crippen molar-refractivity contribution in [2.75, 3.05) is 13.2 Å². The van der Waals surface area contributed by atoms with E-state index in [9.17, 15) is 14.7 Å². The third-order valence-corrected chi connectivity index (χ3v) is 7.29. The van der Waals surface area contributed by atoms with Gasteiger partial charge in [-0.3, -0.25) is 9.59 Å². The summed E-state index contributed by atoms with van der Waals surface area (Å²) in [5.74, 6) is 0.226. The minimum Gasteiger partial charge on any atom is -0.482 e. The van der Waals surface area contributed by atoms with E-state index in [0.717, 1.165) is 27.5 Å². The second-order valence-electron chi connectivity index (χ2n) is 9.17. The van der Waals surface area contributed by atoms with Crippen LogP contribution in [0, 0.1) is 16.4 Å². The summed E-state index contributed by atoms with van der Waals surface area (Å²) in [6.45, 7) is 2.31. The second-order valence-corrected chi connectivity index (χ2v) is 10.3. The van der Waals surface area contributed by atoms with Gasteiger partial charge in [0.05, 0.1) is 16.2 Å². The lowest BCUT2D eigenvalue weighted by molar-refractivity contribution is -0.140. The molecule has 8 heteroatoms. The van der Waals surface area contributed by atoms with Crippen molar-refractivity contribution in [2.45, 2.75) is 51.0 Å². The molecule has 3 atom stereocenters. The van der Waals surface area contributed by atoms with E-state index in [-0.39, 0.29) is 37.3 Å². The number of benzene rings is 2. The molecular weight excluding hydrogens is 559 g/mol. The van der Waals surface area contributed by atoms with E-state index < -0.39 is 18.2 Å². The topological polar surface area (TPSA) is 99.1 Å². The van der Waals surface area contributed by atoms with Crippen molar-refractivity contribution < 1.29 is 24.5 Å². The van der Waals surface area contributed by atoms with Gasteiger partial charge in [-0.15, -0.1) is 0 Å². The van der Waals surface area contributed by atoms with E-state index in [2.05, 4.69) is 27.9 Å². The van der Waals surface area contributed by atoms with Gasteiger partial charge in [0, 0.05) is 31.0 Å². The maximum absolute atomic E-state index is 13.4. The van der Waals surface area contributed by atoms with Gasteiger partial charge in [0.25, 0.3) is 0 Å². The van der Waals surface area contributed by atoms with Crippen LogP contribution in [0.3, 0.4) is 0 Å². The Morgan fingerprint density at radius 1 is 1.14 bits per heavy atom. The fraction of sp³-hybridized carbons (Fsp3) is 0.407. The molecule has 1 fully saturated rings. The van der Waals surface area contributed by atoms with Crippen LogP contribution < -0.4 is 10.1 Å². The zero-order chi connectivity index (χ0) is 24.9. The van der Waals surface area contributed by atoms with Crippen molar-refractivity contribution >= 4 is 34.4 Å². The molecule has 4 rings (SSSR count). The number of hydrogen-bond donors (Lipinski definition) is 3. The number of rotatable bonds is 9. The molecule has 0 bridgehead atoms. The molecule has 1 saturated carbocycles. The summed E-state index contributed by atoms with van der Waals surface area (Å²) in [7, 11) is 0. The van der Waals surface area contributed by atoms with E-state index in [1.165, 1.54) is 0 Å². The summed E-state index contributed by atoms with van der Waals surface area (Å²) < 4.78 is 7.06. The number of nitrogens with zero attached hydrogens (tertiary/aromatic N) is 1. The van der Waals surface area contributed by atoms with Gasteiger partial charge in [-0.2, -0.15) is 0 Å². The molecule has 0 saturated heterocycles. The Morgan fingerprint density at radius 2 is 1.86 bits per heavy atom. The van der Waals surface area contributed by atoms with E-state index in [1.807, 2.05) is 55.5 Å². The lowest BCUT2D eigenvalue weighted by atomic mass is 9.87. The molecule has 186 valence electrons. The average molecular weight is 590 g/mol. The van der Waals surface area contributed by atoms with E-state index in [0.29, 0.717) is 17.9 Å². The quantitative estimate of drug-likeness (QED) is 0.391. The highest BCUT2D eigenvalue weighted by Crippen LogP contribution is 2.36. The molecule has 2 aromatic carbocycles. The molecule has 0 radical (unpaired) electrons. The third-order valence-electron chi connectivity index (χ3n) is 6.40. The number of ether oxygens (including phenoxy) is 1. The molecule has 0 aliphatic heterocycles. The predicted molar refractivity (Wildman–Crippen MR) is 141 cm³/mol. The van der Waals surface area contributed by atoms with Crippen molar-refractivity contribution in [3.05, 3.63) is 74.9 Å². The van der Waals surface area contributed by atoms with Crippen molar-refractivity contribution in [3.63, 3.8) is 0 Å². The number of halogens is 1. The van der Waals surface area contributed by atoms with Crippen molar-refractivity contribution in [3.8, 4) is 5.75 Å². The molecule has 2 aliphatic carbocycles. The van der Waals surface area contributed by atoms with Gasteiger partial charge in [0.15, 0.2) is 0 Å². The van der Waals surface area contributed by atoms with E-state index >= 15 is 0 Å². The van der Waals surface area contributed by atoms with Gasteiger partial charge in [-0.25, -0.2) is 0 Å². The van der Waals surface area contributed by atoms with Gasteiger partial charge in [-0.1, -0.05) is 42.0 Å². The number of nitrogens with one attached hydrogen (secondary N) is 1. The minimum atomic E-state index is -1.02. The first-order valence-electron chi connectivity index (χ1n) is 11.9. The highest BCUT2D eigenvalue weighted by molar-refractivity contribution is 14.1. The van der Waals surface area contributed by atoms with Crippen LogP contribution in [0.4, 0.5) is 0 Å². The zero-order valence-electron chi connectivity index (χ0n) is 19.7. The molecule has 2 amide bonds. The van der Waals surface area contributed by atoms with Gasteiger partial charge in [-0.05, 0) is 66.1 Å². The summed E-state index contributed by atoms with van der Waals surface area (Å²) in [5.41, 5.74) is 2.53. The SMILES string of the molecule is Cc1ccc(CN(C(=O)C2CC2)[C@@H]2CC(C(=O)NCCO)=C[C@H](Oc3ccccc3I)[C@H]2O)cc1. The van der Waals surface area contributed by atoms with Gasteiger partial charge in [0.2, 0.25) is 11.8 Å². The van der Waals surface area contributed by atoms with Gasteiger partial charge >= 0.3 is 0 Å². The van der Waals surface area contributed by atoms with Gasteiger partial charge < -0.3 is 25.2 Å². The average Bonchev–Trinajstić information content (AvgIpc) is 3.70. The third kappa shape index (κ3) is 6.42. The van der Waals surface area contributed by atoms with Gasteiger partial charge in [0.1, 0.15) is 18.0 Å². The van der Waals surface area contributed by atoms with Crippen molar-refractivity contribution in [1.82, 2.24) is 10.2 Å². The number of amides is 2. The van der Waals surface area contributed by atoms with Crippen LogP contribution in [0.5, 0.6) is 5.75 Å². The number of carbonyl (C=O) groups excluding carboxylic acids is 2. The van der Waals surface area contributed by atoms with Crippen LogP contribution in [-0.4, -0.2) is 58.3 Å². The molecule has 0 spiro atoms. The predicted octanol–water partition coefficient (Wildman–Crippen LogP) is 2.95. The van der Waals surface area contributed by atoms with Crippen LogP contribution in [0.25, 0.3) is 0 Å². The minimum absolute atomic E-state index is 0.000293. The Hall–Kier alpha value is -2.43. The molecule has 7 nitrogen and oxygen atoms in total. The van der Waals surface area contributed by atoms with Crippen LogP contribution in [-0.2, 0) is 16.1 Å². The fourth-order valence-corrected chi connectivity index (χ4v) is 4.79. The first-order chi connectivity index (χ1) is 16.9. The first-order valence-corrected chi connectivity index (χ1v) is 13.0. The monoisotopic (exact) mass is 590 g/mol. The number of para-hydroxylation sites is 1. The highest BCUT2D eigenvalue weighted by Gasteiger charge is 2.43. The largest absolute Gasteiger partial charge is 0.482 e. The maximum atomic E-state index is 13.4. The molecule has 0 unspecified atom stereocenters. The first kappa shape index (κ1) is 25.7. The Kier molecular flexibility index (Phi) is 8.46. The Bertz CT molecular complexity index is 1080. The number of carbonyl (C=O) groups is 2. The normalized spacial score (nSPS) is 21.7. The lowest BCUT2D eigenvalue weighted by Crippen LogP contribution is -2.55. The molecule has 2 aromatic rings. The standard InChI is InChI=1S/C27H31IN2O5/c1-17-6-8-18(9-7-17)16-30(27(34)19-10-11-19)22-14-20(26(33)29-12-13-31)15-24(25(22)32)35-23-5-3-2-4-21(23)28/h2-9,15,19,22,24-25,31-32H,10-14,16H2,1H3,(H,29,33)/t22-,24+,25+/m1/s1. The summed E-state index contributed by atoms with van der Waals surface area (Å²) >= 11 is 2.17. The summed E-state index contributed by atoms with van der Waals surface area (Å²) in [4.78, 5) is 28.0. The molecule has 2 aliphatic rings. The number of hydrogen-bond acceptors (Lipinski definition) is 5. The maximum Gasteiger partial charge on any atom is 0.247 e. The van der Waals surface area contributed by atoms with E-state index in [1.54, 1.807) is 11.0 Å².